The smallest absolute Gasteiger partial charge is 0.428 e. The molecule has 0 amide bonds. The number of benzene rings is 1. The summed E-state index contributed by atoms with van der Waals surface area (Å²) in [5.74, 6) is -0.0582. The molecule has 0 spiro atoms. The molecule has 0 aromatic heterocycles. The van der Waals surface area contributed by atoms with Crippen LogP contribution in [0.25, 0.3) is 0 Å². The summed E-state index contributed by atoms with van der Waals surface area (Å²) in [7, 11) is 0. The highest BCUT2D eigenvalue weighted by Gasteiger charge is 2.44. The van der Waals surface area contributed by atoms with E-state index < -0.39 is 18.6 Å². The van der Waals surface area contributed by atoms with E-state index in [2.05, 4.69) is 4.74 Å². The third-order valence-corrected chi connectivity index (χ3v) is 2.91. The Morgan fingerprint density at radius 1 is 1.22 bits per heavy atom. The van der Waals surface area contributed by atoms with Gasteiger partial charge in [-0.25, -0.2) is 0 Å². The van der Waals surface area contributed by atoms with E-state index in [1.54, 1.807) is 6.07 Å². The first-order chi connectivity index (χ1) is 8.42. The lowest BCUT2D eigenvalue weighted by Gasteiger charge is -2.21. The van der Waals surface area contributed by atoms with Crippen LogP contribution in [0, 0.1) is 5.92 Å². The molecule has 2 nitrogen and oxygen atoms in total. The molecule has 0 unspecified atom stereocenters. The van der Waals surface area contributed by atoms with Gasteiger partial charge in [-0.2, -0.15) is 17.6 Å². The van der Waals surface area contributed by atoms with Crippen LogP contribution >= 0.6 is 0 Å². The fourth-order valence-electron chi connectivity index (χ4n) is 1.75. The Hall–Kier alpha value is -1.30. The summed E-state index contributed by atoms with van der Waals surface area (Å²) in [6, 6.07) is 5.37. The minimum atomic E-state index is -4.50. The molecule has 6 heteroatoms. The summed E-state index contributed by atoms with van der Waals surface area (Å²) >= 11 is 0. The molecular weight excluding hydrogens is 250 g/mol. The summed E-state index contributed by atoms with van der Waals surface area (Å²) in [5, 5.41) is 0. The van der Waals surface area contributed by atoms with Crippen LogP contribution < -0.4 is 10.5 Å². The maximum atomic E-state index is 12.9. The molecule has 0 heterocycles. The van der Waals surface area contributed by atoms with Gasteiger partial charge < -0.3 is 10.5 Å². The van der Waals surface area contributed by atoms with Gasteiger partial charge in [-0.1, -0.05) is 18.2 Å². The van der Waals surface area contributed by atoms with Crippen molar-refractivity contribution < 1.29 is 22.3 Å². The van der Waals surface area contributed by atoms with Gasteiger partial charge in [0.05, 0.1) is 0 Å². The SMILES string of the molecule is N[C@H](c1ccccc1OC(F)(F)C(F)F)C1CC1. The van der Waals surface area contributed by atoms with Crippen molar-refractivity contribution in [1.29, 1.82) is 0 Å². The molecule has 18 heavy (non-hydrogen) atoms. The molecule has 1 aromatic carbocycles. The highest BCUT2D eigenvalue weighted by molar-refractivity contribution is 5.37. The van der Waals surface area contributed by atoms with Crippen molar-refractivity contribution >= 4 is 0 Å². The number of halogens is 4. The molecule has 1 aromatic rings. The van der Waals surface area contributed by atoms with Gasteiger partial charge in [0.25, 0.3) is 0 Å². The van der Waals surface area contributed by atoms with Crippen LogP contribution in [0.4, 0.5) is 17.6 Å². The van der Waals surface area contributed by atoms with Gasteiger partial charge >= 0.3 is 12.5 Å². The minimum absolute atomic E-state index is 0.218. The molecule has 0 aliphatic heterocycles. The Morgan fingerprint density at radius 3 is 2.39 bits per heavy atom. The van der Waals surface area contributed by atoms with E-state index in [0.29, 0.717) is 5.56 Å². The standard InChI is InChI=1S/C12H13F4NO/c13-11(14)12(15,16)18-9-4-2-1-3-8(9)10(17)7-5-6-7/h1-4,7,10-11H,5-6,17H2/t10-/m0/s1. The highest BCUT2D eigenvalue weighted by atomic mass is 19.3. The van der Waals surface area contributed by atoms with Crippen molar-refractivity contribution in [2.45, 2.75) is 31.4 Å². The first-order valence-electron chi connectivity index (χ1n) is 5.61. The van der Waals surface area contributed by atoms with Crippen LogP contribution in [0.15, 0.2) is 24.3 Å². The molecule has 1 aliphatic rings. The third kappa shape index (κ3) is 2.75. The Kier molecular flexibility index (Phi) is 3.47. The summed E-state index contributed by atoms with van der Waals surface area (Å²) in [5.41, 5.74) is 6.23. The summed E-state index contributed by atoms with van der Waals surface area (Å²) in [4.78, 5) is 0. The lowest BCUT2D eigenvalue weighted by Crippen LogP contribution is -2.34. The van der Waals surface area contributed by atoms with Crippen LogP contribution in [0.1, 0.15) is 24.4 Å². The molecule has 1 fully saturated rings. The molecule has 0 radical (unpaired) electrons. The molecule has 2 N–H and O–H groups in total. The molecule has 0 saturated heterocycles. The van der Waals surface area contributed by atoms with E-state index in [0.717, 1.165) is 12.8 Å². The number of ether oxygens (including phenoxy) is 1. The van der Waals surface area contributed by atoms with E-state index in [1.165, 1.54) is 18.2 Å². The monoisotopic (exact) mass is 263 g/mol. The van der Waals surface area contributed by atoms with E-state index in [9.17, 15) is 17.6 Å². The van der Waals surface area contributed by atoms with Crippen molar-refractivity contribution in [2.75, 3.05) is 0 Å². The number of para-hydroxylation sites is 1. The van der Waals surface area contributed by atoms with Crippen LogP contribution in [0.2, 0.25) is 0 Å². The van der Waals surface area contributed by atoms with Gasteiger partial charge in [0.1, 0.15) is 5.75 Å². The Labute approximate surface area is 102 Å². The largest absolute Gasteiger partial charge is 0.461 e. The molecule has 2 rings (SSSR count). The van der Waals surface area contributed by atoms with Crippen molar-refractivity contribution in [3.05, 3.63) is 29.8 Å². The number of nitrogens with two attached hydrogens (primary N) is 1. The van der Waals surface area contributed by atoms with Crippen LogP contribution in [-0.2, 0) is 0 Å². The van der Waals surface area contributed by atoms with Gasteiger partial charge in [-0.15, -0.1) is 0 Å². The van der Waals surface area contributed by atoms with Gasteiger partial charge in [0.2, 0.25) is 0 Å². The van der Waals surface area contributed by atoms with E-state index >= 15 is 0 Å². The molecule has 100 valence electrons. The zero-order valence-electron chi connectivity index (χ0n) is 9.45. The third-order valence-electron chi connectivity index (χ3n) is 2.91. The fraction of sp³-hybridized carbons (Fsp3) is 0.500. The molecular formula is C12H13F4NO. The Balaban J connectivity index is 2.22. The lowest BCUT2D eigenvalue weighted by molar-refractivity contribution is -0.253. The number of hydrogen-bond acceptors (Lipinski definition) is 2. The first kappa shape index (κ1) is 13.1. The molecule has 1 aliphatic carbocycles. The topological polar surface area (TPSA) is 35.2 Å². The lowest BCUT2D eigenvalue weighted by atomic mass is 10.0. The zero-order valence-corrected chi connectivity index (χ0v) is 9.45. The fourth-order valence-corrected chi connectivity index (χ4v) is 1.75. The highest BCUT2D eigenvalue weighted by Crippen LogP contribution is 2.43. The second-order valence-electron chi connectivity index (χ2n) is 4.37. The predicted molar refractivity (Wildman–Crippen MR) is 57.7 cm³/mol. The Morgan fingerprint density at radius 2 is 1.83 bits per heavy atom. The second kappa shape index (κ2) is 4.76. The molecule has 0 bridgehead atoms. The molecule has 1 atom stereocenters. The van der Waals surface area contributed by atoms with Gasteiger partial charge in [-0.3, -0.25) is 0 Å². The van der Waals surface area contributed by atoms with Crippen molar-refractivity contribution in [2.24, 2.45) is 11.7 Å². The van der Waals surface area contributed by atoms with Crippen molar-refractivity contribution in [3.63, 3.8) is 0 Å². The van der Waals surface area contributed by atoms with Crippen molar-refractivity contribution in [1.82, 2.24) is 0 Å². The summed E-state index contributed by atoms with van der Waals surface area (Å²) in [6.07, 6.45) is -6.54. The summed E-state index contributed by atoms with van der Waals surface area (Å²) < 4.78 is 54.1. The van der Waals surface area contributed by atoms with Gasteiger partial charge in [-0.05, 0) is 24.8 Å². The number of rotatable bonds is 5. The van der Waals surface area contributed by atoms with Gasteiger partial charge in [0.15, 0.2) is 0 Å². The second-order valence-corrected chi connectivity index (χ2v) is 4.37. The van der Waals surface area contributed by atoms with E-state index in [1.807, 2.05) is 0 Å². The normalized spacial score (nSPS) is 17.9. The average Bonchev–Trinajstić information content (AvgIpc) is 3.12. The van der Waals surface area contributed by atoms with E-state index in [4.69, 9.17) is 5.73 Å². The van der Waals surface area contributed by atoms with E-state index in [-0.39, 0.29) is 11.7 Å². The maximum absolute atomic E-state index is 12.9. The quantitative estimate of drug-likeness (QED) is 0.827. The number of hydrogen-bond donors (Lipinski definition) is 1. The van der Waals surface area contributed by atoms with Crippen LogP contribution in [0.5, 0.6) is 5.75 Å². The van der Waals surface area contributed by atoms with Crippen LogP contribution in [0.3, 0.4) is 0 Å². The van der Waals surface area contributed by atoms with Gasteiger partial charge in [0, 0.05) is 11.6 Å². The average molecular weight is 263 g/mol. The van der Waals surface area contributed by atoms with Crippen molar-refractivity contribution in [3.8, 4) is 5.75 Å². The summed E-state index contributed by atoms with van der Waals surface area (Å²) in [6.45, 7) is 0. The number of alkyl halides is 4. The van der Waals surface area contributed by atoms with Crippen LogP contribution in [-0.4, -0.2) is 12.5 Å². The molecule has 1 saturated carbocycles. The Bertz CT molecular complexity index is 420. The maximum Gasteiger partial charge on any atom is 0.461 e. The zero-order chi connectivity index (χ0) is 13.3. The minimum Gasteiger partial charge on any atom is -0.428 e. The first-order valence-corrected chi connectivity index (χ1v) is 5.61. The predicted octanol–water partition coefficient (Wildman–Crippen LogP) is 3.33.